The van der Waals surface area contributed by atoms with Gasteiger partial charge in [0.25, 0.3) is 0 Å². The van der Waals surface area contributed by atoms with Gasteiger partial charge in [0.05, 0.1) is 21.5 Å². The van der Waals surface area contributed by atoms with E-state index in [0.29, 0.717) is 23.6 Å². The molecule has 0 fully saturated rings. The van der Waals surface area contributed by atoms with Crippen molar-refractivity contribution >= 4 is 44.6 Å². The lowest BCUT2D eigenvalue weighted by Gasteiger charge is -2.09. The smallest absolute Gasteiger partial charge is 0.239 e. The van der Waals surface area contributed by atoms with Crippen LogP contribution in [0.25, 0.3) is 0 Å². The molecule has 0 spiro atoms. The molecule has 24 heavy (non-hydrogen) atoms. The number of carbonyl (C=O) groups is 1. The summed E-state index contributed by atoms with van der Waals surface area (Å²) < 4.78 is 24.1. The fourth-order valence-corrected chi connectivity index (χ4v) is 3.75. The van der Waals surface area contributed by atoms with E-state index in [2.05, 4.69) is 5.32 Å². The monoisotopic (exact) mass is 385 g/mol. The van der Waals surface area contributed by atoms with E-state index >= 15 is 0 Å². The van der Waals surface area contributed by atoms with Crippen LogP contribution in [0.15, 0.2) is 48.5 Å². The normalized spacial score (nSPS) is 11.2. The first-order valence-electron chi connectivity index (χ1n) is 7.35. The van der Waals surface area contributed by atoms with E-state index in [1.807, 2.05) is 30.3 Å². The van der Waals surface area contributed by atoms with Crippen LogP contribution in [0.2, 0.25) is 10.0 Å². The van der Waals surface area contributed by atoms with Gasteiger partial charge in [-0.05, 0) is 30.5 Å². The SMILES string of the molecule is O=C(CS(=O)(=O)CCCc1ccccc1)Nc1cccc(Cl)c1Cl. The van der Waals surface area contributed by atoms with Crippen LogP contribution in [-0.4, -0.2) is 25.8 Å². The number of carbonyl (C=O) groups excluding carboxylic acids is 1. The lowest BCUT2D eigenvalue weighted by molar-refractivity contribution is -0.113. The van der Waals surface area contributed by atoms with Gasteiger partial charge in [0, 0.05) is 0 Å². The number of hydrogen-bond acceptors (Lipinski definition) is 3. The van der Waals surface area contributed by atoms with Gasteiger partial charge in [0.15, 0.2) is 9.84 Å². The summed E-state index contributed by atoms with van der Waals surface area (Å²) in [5.74, 6) is -1.25. The van der Waals surface area contributed by atoms with Gasteiger partial charge in [-0.2, -0.15) is 0 Å². The Morgan fingerprint density at radius 1 is 1.00 bits per heavy atom. The van der Waals surface area contributed by atoms with Crippen LogP contribution in [0, 0.1) is 0 Å². The van der Waals surface area contributed by atoms with E-state index in [1.54, 1.807) is 18.2 Å². The van der Waals surface area contributed by atoms with Crippen molar-refractivity contribution in [1.82, 2.24) is 0 Å². The van der Waals surface area contributed by atoms with Gasteiger partial charge in [-0.1, -0.05) is 59.6 Å². The van der Waals surface area contributed by atoms with Crippen LogP contribution in [0.1, 0.15) is 12.0 Å². The second kappa shape index (κ2) is 8.51. The maximum Gasteiger partial charge on any atom is 0.239 e. The minimum Gasteiger partial charge on any atom is -0.324 e. The average Bonchev–Trinajstić information content (AvgIpc) is 2.52. The average molecular weight is 386 g/mol. The molecular weight excluding hydrogens is 369 g/mol. The molecule has 0 atom stereocenters. The third-order valence-electron chi connectivity index (χ3n) is 3.34. The molecule has 128 valence electrons. The molecule has 0 saturated carbocycles. The lowest BCUT2D eigenvalue weighted by atomic mass is 10.1. The Balaban J connectivity index is 1.86. The zero-order valence-electron chi connectivity index (χ0n) is 12.8. The zero-order valence-corrected chi connectivity index (χ0v) is 15.2. The maximum absolute atomic E-state index is 12.1. The maximum atomic E-state index is 12.1. The van der Waals surface area contributed by atoms with E-state index in [-0.39, 0.29) is 10.8 Å². The number of hydrogen-bond donors (Lipinski definition) is 1. The summed E-state index contributed by atoms with van der Waals surface area (Å²) in [6, 6.07) is 14.4. The number of amides is 1. The number of aryl methyl sites for hydroxylation is 1. The van der Waals surface area contributed by atoms with Gasteiger partial charge in [0.2, 0.25) is 5.91 Å². The molecule has 2 aromatic rings. The van der Waals surface area contributed by atoms with Crippen molar-refractivity contribution in [2.75, 3.05) is 16.8 Å². The number of halogens is 2. The zero-order chi connectivity index (χ0) is 17.6. The Labute approximate surface area is 151 Å². The molecule has 0 saturated heterocycles. The Morgan fingerprint density at radius 3 is 2.42 bits per heavy atom. The van der Waals surface area contributed by atoms with E-state index in [0.717, 1.165) is 5.56 Å². The van der Waals surface area contributed by atoms with E-state index in [9.17, 15) is 13.2 Å². The largest absolute Gasteiger partial charge is 0.324 e. The molecule has 2 aromatic carbocycles. The quantitative estimate of drug-likeness (QED) is 0.783. The van der Waals surface area contributed by atoms with Crippen molar-refractivity contribution in [1.29, 1.82) is 0 Å². The topological polar surface area (TPSA) is 63.2 Å². The second-order valence-corrected chi connectivity index (χ2v) is 8.30. The highest BCUT2D eigenvalue weighted by Gasteiger charge is 2.17. The molecule has 1 N–H and O–H groups in total. The molecule has 0 unspecified atom stereocenters. The molecule has 1 amide bonds. The van der Waals surface area contributed by atoms with Crippen LogP contribution >= 0.6 is 23.2 Å². The molecule has 4 nitrogen and oxygen atoms in total. The van der Waals surface area contributed by atoms with Gasteiger partial charge in [0.1, 0.15) is 5.75 Å². The summed E-state index contributed by atoms with van der Waals surface area (Å²) in [5.41, 5.74) is 1.37. The van der Waals surface area contributed by atoms with Crippen molar-refractivity contribution < 1.29 is 13.2 Å². The Bertz CT molecular complexity index is 808. The molecule has 0 bridgehead atoms. The van der Waals surface area contributed by atoms with Gasteiger partial charge in [-0.15, -0.1) is 0 Å². The number of sulfone groups is 1. The van der Waals surface area contributed by atoms with Crippen molar-refractivity contribution in [2.45, 2.75) is 12.8 Å². The Hall–Kier alpha value is -1.56. The van der Waals surface area contributed by atoms with Crippen molar-refractivity contribution in [2.24, 2.45) is 0 Å². The third-order valence-corrected chi connectivity index (χ3v) is 5.77. The molecule has 0 aliphatic carbocycles. The predicted octanol–water partition coefficient (Wildman–Crippen LogP) is 3.98. The summed E-state index contributed by atoms with van der Waals surface area (Å²) in [6.07, 6.45) is 1.12. The highest BCUT2D eigenvalue weighted by Crippen LogP contribution is 2.29. The molecule has 0 aliphatic rings. The van der Waals surface area contributed by atoms with Crippen molar-refractivity contribution in [3.63, 3.8) is 0 Å². The first-order valence-corrected chi connectivity index (χ1v) is 9.93. The Morgan fingerprint density at radius 2 is 1.71 bits per heavy atom. The van der Waals surface area contributed by atoms with Crippen molar-refractivity contribution in [3.05, 3.63) is 64.1 Å². The second-order valence-electron chi connectivity index (χ2n) is 5.33. The summed E-state index contributed by atoms with van der Waals surface area (Å²) in [4.78, 5) is 11.9. The van der Waals surface area contributed by atoms with Crippen LogP contribution < -0.4 is 5.32 Å². The molecule has 2 rings (SSSR count). The summed E-state index contributed by atoms with van der Waals surface area (Å²) in [5, 5.41) is 2.96. The molecular formula is C17H17Cl2NO3S. The van der Waals surface area contributed by atoms with E-state index in [1.165, 1.54) is 0 Å². The summed E-state index contributed by atoms with van der Waals surface area (Å²) in [7, 11) is -3.48. The fourth-order valence-electron chi connectivity index (χ4n) is 2.20. The summed E-state index contributed by atoms with van der Waals surface area (Å²) >= 11 is 11.8. The number of anilines is 1. The first-order chi connectivity index (χ1) is 11.4. The first kappa shape index (κ1) is 18.8. The lowest BCUT2D eigenvalue weighted by Crippen LogP contribution is -2.25. The fraction of sp³-hybridized carbons (Fsp3) is 0.235. The van der Waals surface area contributed by atoms with Crippen LogP contribution in [-0.2, 0) is 21.1 Å². The van der Waals surface area contributed by atoms with E-state index in [4.69, 9.17) is 23.2 Å². The minimum absolute atomic E-state index is 0.0431. The number of benzene rings is 2. The van der Waals surface area contributed by atoms with Gasteiger partial charge >= 0.3 is 0 Å². The highest BCUT2D eigenvalue weighted by atomic mass is 35.5. The highest BCUT2D eigenvalue weighted by molar-refractivity contribution is 7.92. The Kier molecular flexibility index (Phi) is 6.66. The molecule has 0 radical (unpaired) electrons. The van der Waals surface area contributed by atoms with Gasteiger partial charge in [-0.3, -0.25) is 4.79 Å². The predicted molar refractivity (Wildman–Crippen MR) is 98.5 cm³/mol. The number of nitrogens with one attached hydrogen (secondary N) is 1. The van der Waals surface area contributed by atoms with Crippen LogP contribution in [0.5, 0.6) is 0 Å². The van der Waals surface area contributed by atoms with Crippen molar-refractivity contribution in [3.8, 4) is 0 Å². The number of rotatable bonds is 7. The molecule has 7 heteroatoms. The molecule has 0 heterocycles. The standard InChI is InChI=1S/C17H17Cl2NO3S/c18-14-9-4-10-15(17(14)19)20-16(21)12-24(22,23)11-5-8-13-6-2-1-3-7-13/h1-4,6-7,9-10H,5,8,11-12H2,(H,20,21). The van der Waals surface area contributed by atoms with Crippen LogP contribution in [0.3, 0.4) is 0 Å². The van der Waals surface area contributed by atoms with E-state index < -0.39 is 21.5 Å². The summed E-state index contributed by atoms with van der Waals surface area (Å²) in [6.45, 7) is 0. The molecule has 0 aromatic heterocycles. The molecule has 0 aliphatic heterocycles. The van der Waals surface area contributed by atoms with Crippen LogP contribution in [0.4, 0.5) is 5.69 Å². The van der Waals surface area contributed by atoms with Gasteiger partial charge in [-0.25, -0.2) is 8.42 Å². The van der Waals surface area contributed by atoms with Gasteiger partial charge < -0.3 is 5.32 Å². The third kappa shape index (κ3) is 5.82. The minimum atomic E-state index is -3.48.